The Morgan fingerprint density at radius 3 is 2.53 bits per heavy atom. The fourth-order valence-electron chi connectivity index (χ4n) is 1.74. The molecular formula is C12H22O5. The second-order valence-electron chi connectivity index (χ2n) is 3.87. The second-order valence-corrected chi connectivity index (χ2v) is 3.87. The Kier molecular flexibility index (Phi) is 8.66. The highest BCUT2D eigenvalue weighted by atomic mass is 16.5. The van der Waals surface area contributed by atoms with E-state index in [2.05, 4.69) is 11.3 Å². The number of hydrogen-bond acceptors (Lipinski definition) is 5. The molecule has 2 N–H and O–H groups in total. The molecule has 1 aliphatic rings. The van der Waals surface area contributed by atoms with Crippen molar-refractivity contribution in [1.29, 1.82) is 0 Å². The molecule has 5 nitrogen and oxygen atoms in total. The van der Waals surface area contributed by atoms with E-state index in [0.717, 1.165) is 12.8 Å². The second kappa shape index (κ2) is 9.15. The molecule has 1 heterocycles. The molecule has 5 heteroatoms. The Labute approximate surface area is 102 Å². The Bertz CT molecular complexity index is 219. The standard InChI is InChI=1S/C10H18O3.C2H4O2/c1-3-8-5-7(6-11)10(12)9(4-2)13-8;1-4-2-3/h4,7-12H,2-3,5-6H2,1H3;2H,1H3/t7?,8-,9?,10+;/m1./s1. The van der Waals surface area contributed by atoms with Gasteiger partial charge in [-0.05, 0) is 12.8 Å². The fraction of sp³-hybridized carbons (Fsp3) is 0.750. The molecule has 0 aromatic rings. The van der Waals surface area contributed by atoms with Crippen molar-refractivity contribution < 1.29 is 24.5 Å². The smallest absolute Gasteiger partial charge is 0.292 e. The summed E-state index contributed by atoms with van der Waals surface area (Å²) in [4.78, 5) is 8.95. The molecule has 0 spiro atoms. The van der Waals surface area contributed by atoms with Gasteiger partial charge in [-0.15, -0.1) is 6.58 Å². The van der Waals surface area contributed by atoms with E-state index in [0.29, 0.717) is 6.47 Å². The lowest BCUT2D eigenvalue weighted by atomic mass is 9.88. The summed E-state index contributed by atoms with van der Waals surface area (Å²) >= 11 is 0. The Balaban J connectivity index is 0.000000557. The fourth-order valence-corrected chi connectivity index (χ4v) is 1.74. The minimum Gasteiger partial charge on any atom is -0.471 e. The van der Waals surface area contributed by atoms with Gasteiger partial charge in [0.15, 0.2) is 0 Å². The van der Waals surface area contributed by atoms with Crippen molar-refractivity contribution in [2.75, 3.05) is 13.7 Å². The molecule has 4 atom stereocenters. The molecule has 0 aromatic heterocycles. The summed E-state index contributed by atoms with van der Waals surface area (Å²) in [5, 5.41) is 18.7. The van der Waals surface area contributed by atoms with E-state index in [1.165, 1.54) is 7.11 Å². The van der Waals surface area contributed by atoms with Gasteiger partial charge in [0.05, 0.1) is 19.3 Å². The average Bonchev–Trinajstić information content (AvgIpc) is 2.39. The van der Waals surface area contributed by atoms with Crippen LogP contribution in [0.3, 0.4) is 0 Å². The number of carbonyl (C=O) groups is 1. The predicted molar refractivity (Wildman–Crippen MR) is 63.4 cm³/mol. The molecule has 0 amide bonds. The molecule has 1 rings (SSSR count). The first-order valence-corrected chi connectivity index (χ1v) is 5.67. The van der Waals surface area contributed by atoms with E-state index < -0.39 is 6.10 Å². The number of methoxy groups -OCH3 is 1. The number of hydrogen-bond donors (Lipinski definition) is 2. The number of aliphatic hydroxyl groups is 2. The van der Waals surface area contributed by atoms with Gasteiger partial charge in [-0.2, -0.15) is 0 Å². The lowest BCUT2D eigenvalue weighted by molar-refractivity contribution is -0.133. The van der Waals surface area contributed by atoms with Crippen LogP contribution in [0.2, 0.25) is 0 Å². The maximum absolute atomic E-state index is 9.69. The third kappa shape index (κ3) is 5.30. The summed E-state index contributed by atoms with van der Waals surface area (Å²) in [7, 11) is 1.31. The molecule has 0 saturated carbocycles. The third-order valence-electron chi connectivity index (χ3n) is 2.75. The van der Waals surface area contributed by atoms with Crippen LogP contribution in [-0.4, -0.2) is 48.7 Å². The number of aliphatic hydroxyl groups excluding tert-OH is 2. The monoisotopic (exact) mass is 246 g/mol. The highest BCUT2D eigenvalue weighted by Crippen LogP contribution is 2.27. The van der Waals surface area contributed by atoms with Crippen molar-refractivity contribution in [3.8, 4) is 0 Å². The zero-order chi connectivity index (χ0) is 13.3. The van der Waals surface area contributed by atoms with Gasteiger partial charge >= 0.3 is 0 Å². The molecular weight excluding hydrogens is 224 g/mol. The first kappa shape index (κ1) is 16.1. The molecule has 17 heavy (non-hydrogen) atoms. The molecule has 0 bridgehead atoms. The highest BCUT2D eigenvalue weighted by molar-refractivity contribution is 5.36. The Morgan fingerprint density at radius 1 is 1.59 bits per heavy atom. The summed E-state index contributed by atoms with van der Waals surface area (Å²) in [6, 6.07) is 0. The van der Waals surface area contributed by atoms with Crippen molar-refractivity contribution in [1.82, 2.24) is 0 Å². The van der Waals surface area contributed by atoms with Crippen molar-refractivity contribution in [3.63, 3.8) is 0 Å². The maximum atomic E-state index is 9.69. The molecule has 100 valence electrons. The van der Waals surface area contributed by atoms with Gasteiger partial charge in [0.1, 0.15) is 6.10 Å². The lowest BCUT2D eigenvalue weighted by Crippen LogP contribution is -2.45. The number of rotatable bonds is 4. The van der Waals surface area contributed by atoms with Crippen LogP contribution in [0.25, 0.3) is 0 Å². The van der Waals surface area contributed by atoms with E-state index in [9.17, 15) is 5.11 Å². The predicted octanol–water partition coefficient (Wildman–Crippen LogP) is 0.498. The molecule has 0 aromatic carbocycles. The Hall–Kier alpha value is -0.910. The highest BCUT2D eigenvalue weighted by Gasteiger charge is 2.34. The van der Waals surface area contributed by atoms with Gasteiger partial charge in [0.2, 0.25) is 0 Å². The first-order valence-electron chi connectivity index (χ1n) is 5.67. The summed E-state index contributed by atoms with van der Waals surface area (Å²) in [5.74, 6) is -0.0679. The largest absolute Gasteiger partial charge is 0.471 e. The lowest BCUT2D eigenvalue weighted by Gasteiger charge is -2.37. The van der Waals surface area contributed by atoms with Gasteiger partial charge in [-0.3, -0.25) is 4.79 Å². The quantitative estimate of drug-likeness (QED) is 0.558. The van der Waals surface area contributed by atoms with Crippen molar-refractivity contribution in [2.24, 2.45) is 5.92 Å². The zero-order valence-electron chi connectivity index (χ0n) is 10.4. The zero-order valence-corrected chi connectivity index (χ0v) is 10.4. The van der Waals surface area contributed by atoms with Gasteiger partial charge < -0.3 is 19.7 Å². The van der Waals surface area contributed by atoms with Crippen LogP contribution in [0.5, 0.6) is 0 Å². The van der Waals surface area contributed by atoms with Crippen molar-refractivity contribution in [3.05, 3.63) is 12.7 Å². The van der Waals surface area contributed by atoms with Crippen LogP contribution in [0.1, 0.15) is 19.8 Å². The van der Waals surface area contributed by atoms with Crippen molar-refractivity contribution in [2.45, 2.75) is 38.1 Å². The molecule has 0 aliphatic carbocycles. The Morgan fingerprint density at radius 2 is 2.18 bits per heavy atom. The van der Waals surface area contributed by atoms with Crippen LogP contribution in [-0.2, 0) is 14.3 Å². The van der Waals surface area contributed by atoms with Gasteiger partial charge in [-0.1, -0.05) is 13.0 Å². The SMILES string of the molecule is C=CC1O[C@H](CC)CC(CO)[C@@H]1O.COC=O. The summed E-state index contributed by atoms with van der Waals surface area (Å²) < 4.78 is 9.41. The van der Waals surface area contributed by atoms with Crippen molar-refractivity contribution >= 4 is 6.47 Å². The van der Waals surface area contributed by atoms with Gasteiger partial charge in [0, 0.05) is 12.5 Å². The topological polar surface area (TPSA) is 76.0 Å². The third-order valence-corrected chi connectivity index (χ3v) is 2.75. The minimum atomic E-state index is -0.606. The van der Waals surface area contributed by atoms with E-state index in [4.69, 9.17) is 14.6 Å². The van der Waals surface area contributed by atoms with Gasteiger partial charge in [0.25, 0.3) is 6.47 Å². The normalized spacial score (nSPS) is 32.0. The van der Waals surface area contributed by atoms with Crippen LogP contribution in [0.15, 0.2) is 12.7 Å². The summed E-state index contributed by atoms with van der Waals surface area (Å²) in [5.41, 5.74) is 0. The van der Waals surface area contributed by atoms with Crippen LogP contribution in [0, 0.1) is 5.92 Å². The molecule has 1 fully saturated rings. The molecule has 2 unspecified atom stereocenters. The van der Waals surface area contributed by atoms with Crippen LogP contribution < -0.4 is 0 Å². The van der Waals surface area contributed by atoms with Crippen LogP contribution >= 0.6 is 0 Å². The van der Waals surface area contributed by atoms with Gasteiger partial charge in [-0.25, -0.2) is 0 Å². The van der Waals surface area contributed by atoms with E-state index in [1.807, 2.05) is 6.92 Å². The molecule has 1 aliphatic heterocycles. The van der Waals surface area contributed by atoms with E-state index in [1.54, 1.807) is 6.08 Å². The summed E-state index contributed by atoms with van der Waals surface area (Å²) in [6.07, 6.45) is 2.46. The van der Waals surface area contributed by atoms with Crippen LogP contribution in [0.4, 0.5) is 0 Å². The molecule has 0 radical (unpaired) electrons. The average molecular weight is 246 g/mol. The minimum absolute atomic E-state index is 0.0192. The van der Waals surface area contributed by atoms with E-state index >= 15 is 0 Å². The maximum Gasteiger partial charge on any atom is 0.292 e. The van der Waals surface area contributed by atoms with E-state index in [-0.39, 0.29) is 24.7 Å². The summed E-state index contributed by atoms with van der Waals surface area (Å²) in [6.45, 7) is 6.04. The molecule has 1 saturated heterocycles. The first-order chi connectivity index (χ1) is 8.14. The number of ether oxygens (including phenoxy) is 2. The number of carbonyl (C=O) groups excluding carboxylic acids is 1.